The Morgan fingerprint density at radius 3 is 1.02 bits per heavy atom. The quantitative estimate of drug-likeness (QED) is 0.0768. The van der Waals surface area contributed by atoms with Crippen molar-refractivity contribution in [2.75, 3.05) is 40.4 Å². The van der Waals surface area contributed by atoms with E-state index in [1.807, 2.05) is 24.3 Å². The maximum absolute atomic E-state index is 6.51. The molecule has 0 N–H and O–H groups in total. The van der Waals surface area contributed by atoms with Crippen molar-refractivity contribution in [1.29, 1.82) is 0 Å². The van der Waals surface area contributed by atoms with Crippen LogP contribution in [0, 0.1) is 0 Å². The van der Waals surface area contributed by atoms with Gasteiger partial charge in [-0.1, -0.05) is 180 Å². The van der Waals surface area contributed by atoms with Gasteiger partial charge in [0.25, 0.3) is 0 Å². The van der Waals surface area contributed by atoms with Crippen LogP contribution in [0.4, 0.5) is 0 Å². The van der Waals surface area contributed by atoms with Gasteiger partial charge in [-0.25, -0.2) is 0 Å². The first kappa shape index (κ1) is 41.9. The average molecular weight is 659 g/mol. The molecule has 2 atom stereocenters. The summed E-state index contributed by atoms with van der Waals surface area (Å²) in [7, 11) is 4.35. The highest BCUT2D eigenvalue weighted by molar-refractivity contribution is 5.39. The minimum atomic E-state index is -0.109. The fourth-order valence-electron chi connectivity index (χ4n) is 6.76. The summed E-state index contributed by atoms with van der Waals surface area (Å²) in [6.07, 6.45) is 35.7. The Morgan fingerprint density at radius 1 is 0.447 bits per heavy atom. The first-order valence-electron chi connectivity index (χ1n) is 20.6. The van der Waals surface area contributed by atoms with E-state index in [0.29, 0.717) is 13.2 Å². The molecule has 1 heterocycles. The van der Waals surface area contributed by atoms with E-state index in [1.54, 1.807) is 0 Å². The lowest BCUT2D eigenvalue weighted by atomic mass is 10.0. The Morgan fingerprint density at radius 2 is 0.723 bits per heavy atom. The van der Waals surface area contributed by atoms with Crippen LogP contribution in [0.1, 0.15) is 181 Å². The van der Waals surface area contributed by atoms with Crippen LogP contribution in [-0.2, 0) is 4.74 Å². The lowest BCUT2D eigenvalue weighted by Crippen LogP contribution is -2.43. The van der Waals surface area contributed by atoms with Crippen LogP contribution < -0.4 is 9.47 Å². The van der Waals surface area contributed by atoms with Crippen LogP contribution in [0.25, 0.3) is 0 Å². The van der Waals surface area contributed by atoms with Gasteiger partial charge in [0.2, 0.25) is 0 Å². The highest BCUT2D eigenvalue weighted by atomic mass is 16.6. The van der Waals surface area contributed by atoms with Crippen molar-refractivity contribution < 1.29 is 14.2 Å². The Kier molecular flexibility index (Phi) is 26.4. The summed E-state index contributed by atoms with van der Waals surface area (Å²) in [5, 5.41) is 0. The predicted octanol–water partition coefficient (Wildman–Crippen LogP) is 12.2. The molecule has 0 saturated heterocycles. The summed E-state index contributed by atoms with van der Waals surface area (Å²) in [6.45, 7) is 7.74. The summed E-state index contributed by atoms with van der Waals surface area (Å²) in [5.74, 6) is 1.64. The van der Waals surface area contributed by atoms with Crippen molar-refractivity contribution >= 4 is 0 Å². The van der Waals surface area contributed by atoms with Crippen LogP contribution in [0.3, 0.4) is 0 Å². The molecule has 47 heavy (non-hydrogen) atoms. The summed E-state index contributed by atoms with van der Waals surface area (Å²) in [4.78, 5) is 4.65. The van der Waals surface area contributed by atoms with Crippen molar-refractivity contribution in [3.8, 4) is 11.5 Å². The molecule has 0 fully saturated rings. The van der Waals surface area contributed by atoms with Crippen molar-refractivity contribution in [2.45, 2.75) is 193 Å². The molecule has 274 valence electrons. The summed E-state index contributed by atoms with van der Waals surface area (Å²) >= 11 is 0. The maximum atomic E-state index is 6.51. The second-order valence-electron chi connectivity index (χ2n) is 14.6. The SMILES string of the molecule is CCCCCCCCCCCCCCCN(C)C1COCC(N(C)CCCCCCCCCCCCCCC)Oc2ccccc2O1. The molecule has 5 nitrogen and oxygen atoms in total. The van der Waals surface area contributed by atoms with Crippen molar-refractivity contribution in [3.63, 3.8) is 0 Å². The standard InChI is InChI=1S/C42H78N2O3/c1-5-7-9-11-13-15-17-19-21-23-25-27-31-35-43(3)41-37-45-38-42(47-40-34-30-29-33-39(40)46-41)44(4)36-32-28-26-24-22-20-18-16-14-12-10-8-6-2/h29-30,33-34,41-42H,5-28,31-32,35-38H2,1-4H3. The molecule has 0 saturated carbocycles. The van der Waals surface area contributed by atoms with Gasteiger partial charge in [0.1, 0.15) is 0 Å². The number of para-hydroxylation sites is 2. The smallest absolute Gasteiger partial charge is 0.176 e. The Labute approximate surface area is 292 Å². The van der Waals surface area contributed by atoms with Gasteiger partial charge in [-0.05, 0) is 39.1 Å². The number of rotatable bonds is 30. The zero-order valence-corrected chi connectivity index (χ0v) is 31.8. The van der Waals surface area contributed by atoms with E-state index in [9.17, 15) is 0 Å². The van der Waals surface area contributed by atoms with Gasteiger partial charge < -0.3 is 14.2 Å². The minimum Gasteiger partial charge on any atom is -0.469 e. The van der Waals surface area contributed by atoms with Gasteiger partial charge in [-0.2, -0.15) is 0 Å². The molecule has 1 aromatic carbocycles. The summed E-state index contributed by atoms with van der Waals surface area (Å²) in [6, 6.07) is 8.15. The fourth-order valence-corrected chi connectivity index (χ4v) is 6.76. The Bertz CT molecular complexity index is 756. The lowest BCUT2D eigenvalue weighted by molar-refractivity contribution is -0.0634. The third-order valence-electron chi connectivity index (χ3n) is 10.1. The zero-order valence-electron chi connectivity index (χ0n) is 31.8. The van der Waals surface area contributed by atoms with Gasteiger partial charge in [0.15, 0.2) is 24.0 Å². The molecule has 2 unspecified atom stereocenters. The van der Waals surface area contributed by atoms with E-state index >= 15 is 0 Å². The molecule has 1 aliphatic rings. The number of likely N-dealkylation sites (N-methyl/N-ethyl adjacent to an activating group) is 2. The Balaban J connectivity index is 1.60. The molecular formula is C42H78N2O3. The second kappa shape index (κ2) is 29.6. The molecule has 0 spiro atoms. The second-order valence-corrected chi connectivity index (χ2v) is 14.6. The largest absolute Gasteiger partial charge is 0.469 e. The van der Waals surface area contributed by atoms with Gasteiger partial charge in [0.05, 0.1) is 13.2 Å². The average Bonchev–Trinajstić information content (AvgIpc) is 3.17. The number of fused-ring (bicyclic) bond motifs is 1. The number of benzene rings is 1. The van der Waals surface area contributed by atoms with E-state index in [0.717, 1.165) is 24.6 Å². The van der Waals surface area contributed by atoms with E-state index in [2.05, 4.69) is 37.7 Å². The predicted molar refractivity (Wildman–Crippen MR) is 203 cm³/mol. The molecular weight excluding hydrogens is 580 g/mol. The number of unbranched alkanes of at least 4 members (excludes halogenated alkanes) is 24. The molecule has 0 radical (unpaired) electrons. The minimum absolute atomic E-state index is 0.109. The van der Waals surface area contributed by atoms with Crippen molar-refractivity contribution in [1.82, 2.24) is 9.80 Å². The molecule has 1 aliphatic heterocycles. The molecule has 0 bridgehead atoms. The molecule has 0 aromatic heterocycles. The van der Waals surface area contributed by atoms with Gasteiger partial charge in [-0.3, -0.25) is 9.80 Å². The van der Waals surface area contributed by atoms with Gasteiger partial charge in [0, 0.05) is 13.1 Å². The van der Waals surface area contributed by atoms with E-state index < -0.39 is 0 Å². The van der Waals surface area contributed by atoms with Crippen LogP contribution in [-0.4, -0.2) is 62.7 Å². The normalized spacial score (nSPS) is 16.8. The van der Waals surface area contributed by atoms with Crippen LogP contribution in [0.15, 0.2) is 24.3 Å². The molecule has 1 aromatic rings. The van der Waals surface area contributed by atoms with Crippen molar-refractivity contribution in [3.05, 3.63) is 24.3 Å². The third-order valence-corrected chi connectivity index (χ3v) is 10.1. The van der Waals surface area contributed by atoms with E-state index in [1.165, 1.54) is 167 Å². The summed E-state index contributed by atoms with van der Waals surface area (Å²) < 4.78 is 19.3. The first-order valence-corrected chi connectivity index (χ1v) is 20.6. The lowest BCUT2D eigenvalue weighted by Gasteiger charge is -2.28. The highest BCUT2D eigenvalue weighted by Crippen LogP contribution is 2.30. The number of hydrogen-bond donors (Lipinski definition) is 0. The Hall–Kier alpha value is -1.30. The zero-order chi connectivity index (χ0) is 33.6. The number of ether oxygens (including phenoxy) is 3. The van der Waals surface area contributed by atoms with E-state index in [4.69, 9.17) is 14.2 Å². The molecule has 2 rings (SSSR count). The first-order chi connectivity index (χ1) is 23.2. The van der Waals surface area contributed by atoms with Crippen LogP contribution >= 0.6 is 0 Å². The molecule has 0 aliphatic carbocycles. The third kappa shape index (κ3) is 21.4. The molecule has 5 heteroatoms. The van der Waals surface area contributed by atoms with Gasteiger partial charge >= 0.3 is 0 Å². The van der Waals surface area contributed by atoms with E-state index in [-0.39, 0.29) is 12.5 Å². The van der Waals surface area contributed by atoms with Crippen molar-refractivity contribution in [2.24, 2.45) is 0 Å². The monoisotopic (exact) mass is 659 g/mol. The fraction of sp³-hybridized carbons (Fsp3) is 0.857. The maximum Gasteiger partial charge on any atom is 0.176 e. The van der Waals surface area contributed by atoms with Gasteiger partial charge in [-0.15, -0.1) is 0 Å². The molecule has 0 amide bonds. The topological polar surface area (TPSA) is 34.2 Å². The summed E-state index contributed by atoms with van der Waals surface area (Å²) in [5.41, 5.74) is 0. The number of hydrogen-bond acceptors (Lipinski definition) is 5. The highest BCUT2D eigenvalue weighted by Gasteiger charge is 2.25. The van der Waals surface area contributed by atoms with Crippen LogP contribution in [0.5, 0.6) is 11.5 Å². The number of nitrogens with zero attached hydrogens (tertiary/aromatic N) is 2. The van der Waals surface area contributed by atoms with Crippen LogP contribution in [0.2, 0.25) is 0 Å².